The van der Waals surface area contributed by atoms with E-state index in [1.165, 1.54) is 24.8 Å². The third-order valence-electron chi connectivity index (χ3n) is 3.06. The van der Waals surface area contributed by atoms with Crippen LogP contribution in [0.4, 0.5) is 5.82 Å². The molecule has 0 saturated heterocycles. The summed E-state index contributed by atoms with van der Waals surface area (Å²) in [5.41, 5.74) is 0.374. The summed E-state index contributed by atoms with van der Waals surface area (Å²) in [7, 11) is 0. The summed E-state index contributed by atoms with van der Waals surface area (Å²) >= 11 is 0. The second kappa shape index (κ2) is 6.04. The van der Waals surface area contributed by atoms with E-state index in [2.05, 4.69) is 20.3 Å². The van der Waals surface area contributed by atoms with Crippen molar-refractivity contribution >= 4 is 5.82 Å². The lowest BCUT2D eigenvalue weighted by molar-refractivity contribution is 0.859. The minimum Gasteiger partial charge on any atom is -0.367 e. The highest BCUT2D eigenvalue weighted by Gasteiger charge is 2.07. The van der Waals surface area contributed by atoms with Crippen molar-refractivity contribution in [1.82, 2.24) is 19.5 Å². The Hall–Kier alpha value is -3.22. The van der Waals surface area contributed by atoms with Crippen LogP contribution < -0.4 is 16.6 Å². The number of benzene rings is 1. The van der Waals surface area contributed by atoms with E-state index in [-0.39, 0.29) is 0 Å². The van der Waals surface area contributed by atoms with Crippen molar-refractivity contribution in [1.29, 1.82) is 0 Å². The van der Waals surface area contributed by atoms with Crippen LogP contribution in [0.5, 0.6) is 0 Å². The molecule has 110 valence electrons. The van der Waals surface area contributed by atoms with Gasteiger partial charge in [-0.2, -0.15) is 0 Å². The lowest BCUT2D eigenvalue weighted by atomic mass is 10.2. The minimum absolute atomic E-state index is 0.323. The molecule has 3 rings (SSSR count). The number of hydrogen-bond donors (Lipinski definition) is 2. The molecule has 0 bridgehead atoms. The van der Waals surface area contributed by atoms with Crippen LogP contribution in [0.3, 0.4) is 0 Å². The van der Waals surface area contributed by atoms with E-state index >= 15 is 0 Å². The van der Waals surface area contributed by atoms with Crippen LogP contribution >= 0.6 is 0 Å². The predicted octanol–water partition coefficient (Wildman–Crippen LogP) is 0.928. The van der Waals surface area contributed by atoms with Gasteiger partial charge in [0.05, 0.1) is 18.1 Å². The fourth-order valence-electron chi connectivity index (χ4n) is 2.03. The maximum absolute atomic E-state index is 12.1. The molecule has 0 saturated carbocycles. The van der Waals surface area contributed by atoms with Crippen LogP contribution in [0.15, 0.2) is 64.7 Å². The summed E-state index contributed by atoms with van der Waals surface area (Å²) in [6.07, 6.45) is 4.14. The molecule has 1 aromatic carbocycles. The first kappa shape index (κ1) is 13.7. The number of aromatic amines is 1. The van der Waals surface area contributed by atoms with Gasteiger partial charge in [0.1, 0.15) is 12.1 Å². The topological polar surface area (TPSA) is 92.7 Å². The van der Waals surface area contributed by atoms with Gasteiger partial charge in [0.2, 0.25) is 0 Å². The van der Waals surface area contributed by atoms with Crippen molar-refractivity contribution in [2.75, 3.05) is 5.32 Å². The number of H-pyrrole nitrogens is 1. The van der Waals surface area contributed by atoms with Gasteiger partial charge in [-0.15, -0.1) is 0 Å². The van der Waals surface area contributed by atoms with Gasteiger partial charge in [-0.25, -0.2) is 19.3 Å². The van der Waals surface area contributed by atoms with Crippen molar-refractivity contribution in [3.8, 4) is 5.69 Å². The molecular formula is C15H13N5O2. The molecule has 7 nitrogen and oxygen atoms in total. The first-order valence-electron chi connectivity index (χ1n) is 6.63. The summed E-state index contributed by atoms with van der Waals surface area (Å²) < 4.78 is 0.980. The van der Waals surface area contributed by atoms with Crippen LogP contribution in [0.1, 0.15) is 5.56 Å². The first-order chi connectivity index (χ1) is 10.7. The number of hydrogen-bond acceptors (Lipinski definition) is 5. The van der Waals surface area contributed by atoms with Crippen molar-refractivity contribution in [2.45, 2.75) is 6.54 Å². The number of nitrogens with one attached hydrogen (secondary N) is 2. The van der Waals surface area contributed by atoms with Gasteiger partial charge in [-0.1, -0.05) is 30.3 Å². The van der Waals surface area contributed by atoms with Crippen LogP contribution in [-0.4, -0.2) is 19.5 Å². The van der Waals surface area contributed by atoms with Crippen LogP contribution in [0, 0.1) is 0 Å². The first-order valence-corrected chi connectivity index (χ1v) is 6.63. The Morgan fingerprint density at radius 2 is 1.82 bits per heavy atom. The zero-order valence-corrected chi connectivity index (χ0v) is 11.6. The zero-order chi connectivity index (χ0) is 15.4. The van der Waals surface area contributed by atoms with Crippen LogP contribution in [0.25, 0.3) is 5.69 Å². The highest BCUT2D eigenvalue weighted by Crippen LogP contribution is 2.03. The average Bonchev–Trinajstić information content (AvgIpc) is 2.54. The molecule has 0 aliphatic heterocycles. The van der Waals surface area contributed by atoms with Gasteiger partial charge < -0.3 is 5.32 Å². The molecule has 2 aromatic heterocycles. The monoisotopic (exact) mass is 295 g/mol. The van der Waals surface area contributed by atoms with Crippen molar-refractivity contribution in [2.24, 2.45) is 0 Å². The highest BCUT2D eigenvalue weighted by atomic mass is 16.2. The van der Waals surface area contributed by atoms with Gasteiger partial charge >= 0.3 is 5.69 Å². The summed E-state index contributed by atoms with van der Waals surface area (Å²) in [5, 5.41) is 3.02. The van der Waals surface area contributed by atoms with Gasteiger partial charge in [0.25, 0.3) is 5.56 Å². The Labute approximate surface area is 125 Å². The molecule has 0 fully saturated rings. The zero-order valence-electron chi connectivity index (χ0n) is 11.6. The Morgan fingerprint density at radius 1 is 1.09 bits per heavy atom. The predicted molar refractivity (Wildman–Crippen MR) is 82.0 cm³/mol. The molecule has 0 radical (unpaired) electrons. The Kier molecular flexibility index (Phi) is 3.78. The molecule has 2 N–H and O–H groups in total. The van der Waals surface area contributed by atoms with Gasteiger partial charge in [-0.3, -0.25) is 9.78 Å². The lowest BCUT2D eigenvalue weighted by Crippen LogP contribution is -2.33. The molecule has 0 atom stereocenters. The van der Waals surface area contributed by atoms with Gasteiger partial charge in [0, 0.05) is 12.6 Å². The Balaban J connectivity index is 1.87. The van der Waals surface area contributed by atoms with Crippen molar-refractivity contribution < 1.29 is 0 Å². The largest absolute Gasteiger partial charge is 0.367 e. The van der Waals surface area contributed by atoms with Crippen LogP contribution in [0.2, 0.25) is 0 Å². The number of rotatable bonds is 4. The molecule has 0 aliphatic rings. The van der Waals surface area contributed by atoms with Gasteiger partial charge in [-0.05, 0) is 5.56 Å². The molecule has 22 heavy (non-hydrogen) atoms. The van der Waals surface area contributed by atoms with E-state index in [0.717, 1.165) is 10.1 Å². The van der Waals surface area contributed by atoms with E-state index in [0.29, 0.717) is 18.1 Å². The number of anilines is 1. The van der Waals surface area contributed by atoms with E-state index in [1.807, 2.05) is 30.3 Å². The Bertz CT molecular complexity index is 840. The summed E-state index contributed by atoms with van der Waals surface area (Å²) in [6, 6.07) is 11.0. The number of nitrogens with zero attached hydrogens (tertiary/aromatic N) is 3. The molecule has 0 amide bonds. The fourth-order valence-corrected chi connectivity index (χ4v) is 2.03. The van der Waals surface area contributed by atoms with Gasteiger partial charge in [0.15, 0.2) is 0 Å². The third kappa shape index (κ3) is 2.93. The normalized spacial score (nSPS) is 10.4. The molecule has 2 heterocycles. The second-order valence-corrected chi connectivity index (χ2v) is 4.60. The number of aromatic nitrogens is 4. The highest BCUT2D eigenvalue weighted by molar-refractivity contribution is 5.36. The fraction of sp³-hybridized carbons (Fsp3) is 0.0667. The van der Waals surface area contributed by atoms with E-state index in [4.69, 9.17) is 0 Å². The smallest absolute Gasteiger partial charge is 0.334 e. The molecule has 7 heteroatoms. The summed E-state index contributed by atoms with van der Waals surface area (Å²) in [5.74, 6) is 0.368. The Morgan fingerprint density at radius 3 is 2.50 bits per heavy atom. The average molecular weight is 295 g/mol. The molecule has 3 aromatic rings. The van der Waals surface area contributed by atoms with E-state index in [1.54, 1.807) is 0 Å². The van der Waals surface area contributed by atoms with E-state index < -0.39 is 11.2 Å². The quantitative estimate of drug-likeness (QED) is 0.747. The molecule has 0 spiro atoms. The molecular weight excluding hydrogens is 282 g/mol. The maximum Gasteiger partial charge on any atom is 0.334 e. The molecule has 0 unspecified atom stereocenters. The standard InChI is InChI=1S/C15H13N5O2/c21-14-6-13(18-7-11-4-2-1-3-5-11)19-15(22)20(14)12-8-16-10-17-9-12/h1-6,8-10,18H,7H2,(H,19,22). The maximum atomic E-state index is 12.1. The second-order valence-electron chi connectivity index (χ2n) is 4.60. The summed E-state index contributed by atoms with van der Waals surface area (Å²) in [6.45, 7) is 0.509. The SMILES string of the molecule is O=c1cc(NCc2ccccc2)[nH]c(=O)n1-c1cncnc1. The van der Waals surface area contributed by atoms with Crippen molar-refractivity contribution in [3.05, 3.63) is 81.5 Å². The van der Waals surface area contributed by atoms with Crippen LogP contribution in [-0.2, 0) is 6.54 Å². The summed E-state index contributed by atoms with van der Waals surface area (Å²) in [4.78, 5) is 34.4. The van der Waals surface area contributed by atoms with E-state index in [9.17, 15) is 9.59 Å². The molecule has 0 aliphatic carbocycles. The third-order valence-corrected chi connectivity index (χ3v) is 3.06. The van der Waals surface area contributed by atoms with Crippen molar-refractivity contribution in [3.63, 3.8) is 0 Å². The minimum atomic E-state index is -0.544. The lowest BCUT2D eigenvalue weighted by Gasteiger charge is -2.08.